The zero-order valence-electron chi connectivity index (χ0n) is 16.7. The summed E-state index contributed by atoms with van der Waals surface area (Å²) in [7, 11) is -3.26. The van der Waals surface area contributed by atoms with E-state index in [1.165, 1.54) is 0 Å². The lowest BCUT2D eigenvalue weighted by Gasteiger charge is -2.04. The summed E-state index contributed by atoms with van der Waals surface area (Å²) in [5, 5.41) is 0. The lowest BCUT2D eigenvalue weighted by Crippen LogP contribution is -2.03. The molecule has 1 rings (SSSR count). The number of ether oxygens (including phenoxy) is 2. The summed E-state index contributed by atoms with van der Waals surface area (Å²) in [6.07, 6.45) is 0. The van der Waals surface area contributed by atoms with Gasteiger partial charge in [0.15, 0.2) is 0 Å². The van der Waals surface area contributed by atoms with Crippen molar-refractivity contribution in [2.45, 2.75) is 0 Å². The average molecular weight is 242 g/mol. The Morgan fingerprint density at radius 2 is 2.25 bits per heavy atom. The molecule has 0 bridgehead atoms. The second kappa shape index (κ2) is 5.17. The van der Waals surface area contributed by atoms with Gasteiger partial charge in [-0.15, -0.1) is 0 Å². The minimum absolute atomic E-state index is 0.179. The quantitative estimate of drug-likeness (QED) is 0.807. The second-order valence-electron chi connectivity index (χ2n) is 1.55. The second-order valence-corrected chi connectivity index (χ2v) is 2.34. The molecule has 2 nitrogen and oxygen atoms in total. The van der Waals surface area contributed by atoms with E-state index in [4.69, 9.17) is 15.1 Å². The van der Waals surface area contributed by atoms with Gasteiger partial charge in [0.25, 0.3) is 0 Å². The van der Waals surface area contributed by atoms with Crippen molar-refractivity contribution in [1.29, 1.82) is 0 Å². The summed E-state index contributed by atoms with van der Waals surface area (Å²) >= 11 is 2.84. The summed E-state index contributed by atoms with van der Waals surface area (Å²) in [6, 6.07) is -2.64. The molecule has 1 aromatic rings. The van der Waals surface area contributed by atoms with Gasteiger partial charge in [0.2, 0.25) is 0 Å². The fourth-order valence-electron chi connectivity index (χ4n) is 0.430. The molecule has 3 heteroatoms. The molecular formula is C9H11BrO2. The minimum atomic E-state index is -3.45. The number of benzene rings is 1. The highest BCUT2D eigenvalue weighted by molar-refractivity contribution is 9.10. The van der Waals surface area contributed by atoms with Gasteiger partial charge in [-0.25, -0.2) is 0 Å². The lowest BCUT2D eigenvalue weighted by molar-refractivity contribution is 0.146. The first kappa shape index (κ1) is 2.49. The van der Waals surface area contributed by atoms with E-state index in [9.17, 15) is 0 Å². The molecule has 0 unspecified atom stereocenters. The van der Waals surface area contributed by atoms with Crippen molar-refractivity contribution in [2.24, 2.45) is 0 Å². The first-order valence-corrected chi connectivity index (χ1v) is 3.55. The topological polar surface area (TPSA) is 18.5 Å². The number of methoxy groups -OCH3 is 1. The Hall–Kier alpha value is -0.540. The highest BCUT2D eigenvalue weighted by Crippen LogP contribution is 2.15. The SMILES string of the molecule is [2H]c1c([2H])c(OC([2H])([2H])C([2H])([2H])OC([2H])([2H])[2H])c([2H])c([2H])c1Br. The maximum Gasteiger partial charge on any atom is 0.119 e. The summed E-state index contributed by atoms with van der Waals surface area (Å²) in [5.74, 6) is -0.869. The van der Waals surface area contributed by atoms with Crippen molar-refractivity contribution in [2.75, 3.05) is 20.2 Å². The normalized spacial score (nSPS) is 26.6. The van der Waals surface area contributed by atoms with Gasteiger partial charge in [-0.1, -0.05) is 15.9 Å². The molecule has 0 atom stereocenters. The van der Waals surface area contributed by atoms with Crippen LogP contribution in [0.25, 0.3) is 0 Å². The fraction of sp³-hybridized carbons (Fsp3) is 0.333. The molecule has 0 fully saturated rings. The Morgan fingerprint density at radius 1 is 1.50 bits per heavy atom. The highest BCUT2D eigenvalue weighted by Gasteiger charge is 1.91. The van der Waals surface area contributed by atoms with Crippen molar-refractivity contribution in [3.05, 3.63) is 28.6 Å². The zero-order chi connectivity index (χ0) is 18.4. The van der Waals surface area contributed by atoms with E-state index in [1.807, 2.05) is 0 Å². The van der Waals surface area contributed by atoms with Crippen molar-refractivity contribution >= 4 is 15.9 Å². The van der Waals surface area contributed by atoms with E-state index in [0.29, 0.717) is 0 Å². The van der Waals surface area contributed by atoms with Crippen LogP contribution in [0.3, 0.4) is 0 Å². The molecule has 0 heterocycles. The van der Waals surface area contributed by atoms with E-state index in [1.54, 1.807) is 0 Å². The zero-order valence-corrected chi connectivity index (χ0v) is 7.28. The third-order valence-electron chi connectivity index (χ3n) is 0.817. The maximum atomic E-state index is 7.65. The van der Waals surface area contributed by atoms with Gasteiger partial charge < -0.3 is 9.47 Å². The van der Waals surface area contributed by atoms with Gasteiger partial charge in [0, 0.05) is 11.5 Å². The van der Waals surface area contributed by atoms with E-state index in [0.717, 1.165) is 0 Å². The first-order chi connectivity index (χ1) is 10.1. The first-order valence-electron chi connectivity index (χ1n) is 8.26. The summed E-state index contributed by atoms with van der Waals surface area (Å²) in [5.41, 5.74) is 0. The van der Waals surface area contributed by atoms with Crippen LogP contribution in [0, 0.1) is 0 Å². The monoisotopic (exact) mass is 241 g/mol. The molecule has 0 aliphatic rings. The Bertz CT molecular complexity index is 583. The number of hydrogen-bond acceptors (Lipinski definition) is 2. The van der Waals surface area contributed by atoms with Crippen LogP contribution in [0.5, 0.6) is 5.75 Å². The summed E-state index contributed by atoms with van der Waals surface area (Å²) in [4.78, 5) is 0. The molecule has 0 aliphatic carbocycles. The van der Waals surface area contributed by atoms with Crippen LogP contribution in [0.1, 0.15) is 15.1 Å². The van der Waals surface area contributed by atoms with Crippen LogP contribution in [0.2, 0.25) is 0 Å². The van der Waals surface area contributed by atoms with Gasteiger partial charge in [0.05, 0.1) is 21.6 Å². The molecule has 1 aromatic carbocycles. The summed E-state index contributed by atoms with van der Waals surface area (Å²) in [6.45, 7) is -6.85. The Labute approximate surface area is 96.1 Å². The van der Waals surface area contributed by atoms with Crippen LogP contribution < -0.4 is 4.74 Å². The Kier molecular flexibility index (Phi) is 1.07. The lowest BCUT2D eigenvalue weighted by atomic mass is 10.3. The number of hydrogen-bond donors (Lipinski definition) is 0. The molecule has 0 saturated carbocycles. The molecule has 66 valence electrons. The molecule has 12 heavy (non-hydrogen) atoms. The van der Waals surface area contributed by atoms with E-state index in [-0.39, 0.29) is 4.47 Å². The van der Waals surface area contributed by atoms with Crippen molar-refractivity contribution in [1.82, 2.24) is 0 Å². The molecule has 0 radical (unpaired) electrons. The molecule has 0 aromatic heterocycles. The van der Waals surface area contributed by atoms with Gasteiger partial charge in [-0.3, -0.25) is 0 Å². The van der Waals surface area contributed by atoms with Crippen LogP contribution in [-0.2, 0) is 4.74 Å². The predicted molar refractivity (Wildman–Crippen MR) is 51.5 cm³/mol. The molecule has 0 spiro atoms. The molecule has 0 aliphatic heterocycles. The van der Waals surface area contributed by atoms with Gasteiger partial charge in [-0.2, -0.15) is 0 Å². The minimum Gasteiger partial charge on any atom is -0.491 e. The number of halogens is 1. The summed E-state index contributed by atoms with van der Waals surface area (Å²) < 4.78 is 89.3. The van der Waals surface area contributed by atoms with Crippen molar-refractivity contribution in [3.8, 4) is 5.75 Å². The average Bonchev–Trinajstić information content (AvgIpc) is 2.36. The van der Waals surface area contributed by atoms with Gasteiger partial charge >= 0.3 is 0 Å². The highest BCUT2D eigenvalue weighted by atomic mass is 79.9. The van der Waals surface area contributed by atoms with Crippen LogP contribution >= 0.6 is 15.9 Å². The van der Waals surface area contributed by atoms with Gasteiger partial charge in [0.1, 0.15) is 12.3 Å². The Morgan fingerprint density at radius 3 is 2.92 bits per heavy atom. The predicted octanol–water partition coefficient (Wildman–Crippen LogP) is 2.47. The van der Waals surface area contributed by atoms with E-state index < -0.39 is 50.1 Å². The largest absolute Gasteiger partial charge is 0.491 e. The molecule has 0 amide bonds. The smallest absolute Gasteiger partial charge is 0.119 e. The molecular weight excluding hydrogens is 220 g/mol. The third-order valence-corrected chi connectivity index (χ3v) is 1.21. The standard InChI is InChI=1S/C9H11BrO2/c1-11-6-7-12-9-4-2-8(10)3-5-9/h2-5H,6-7H2,1H3/i1D3,2D,3D,4D,5D,6D2,7D2. The van der Waals surface area contributed by atoms with E-state index >= 15 is 0 Å². The van der Waals surface area contributed by atoms with Crippen molar-refractivity contribution < 1.29 is 24.6 Å². The van der Waals surface area contributed by atoms with Gasteiger partial charge in [-0.05, 0) is 24.2 Å². The van der Waals surface area contributed by atoms with Crippen molar-refractivity contribution in [3.63, 3.8) is 0 Å². The molecule has 0 saturated heterocycles. The van der Waals surface area contributed by atoms with Crippen LogP contribution in [-0.4, -0.2) is 20.2 Å². The van der Waals surface area contributed by atoms with E-state index in [2.05, 4.69) is 25.4 Å². The maximum absolute atomic E-state index is 7.65. The van der Waals surface area contributed by atoms with Crippen LogP contribution in [0.15, 0.2) is 28.6 Å². The Balaban J connectivity index is 3.31. The molecule has 0 N–H and O–H groups in total. The third kappa shape index (κ3) is 3.24. The number of rotatable bonds is 4. The van der Waals surface area contributed by atoms with Crippen LogP contribution in [0.4, 0.5) is 0 Å². The fourth-order valence-corrected chi connectivity index (χ4v) is 0.628.